The van der Waals surface area contributed by atoms with Crippen molar-refractivity contribution in [3.8, 4) is 5.75 Å². The fourth-order valence-electron chi connectivity index (χ4n) is 1.13. The zero-order chi connectivity index (χ0) is 13.1. The van der Waals surface area contributed by atoms with Crippen molar-refractivity contribution < 1.29 is 4.74 Å². The highest BCUT2D eigenvalue weighted by molar-refractivity contribution is 6.42. The molecule has 0 saturated carbocycles. The van der Waals surface area contributed by atoms with Gasteiger partial charge in [0.2, 0.25) is 0 Å². The van der Waals surface area contributed by atoms with E-state index in [1.807, 2.05) is 13.8 Å². The number of amidine groups is 1. The van der Waals surface area contributed by atoms with Crippen LogP contribution in [0.15, 0.2) is 18.2 Å². The van der Waals surface area contributed by atoms with Gasteiger partial charge in [-0.15, -0.1) is 0 Å². The highest BCUT2D eigenvalue weighted by Crippen LogP contribution is 2.27. The van der Waals surface area contributed by atoms with Crippen LogP contribution in [-0.4, -0.2) is 12.4 Å². The van der Waals surface area contributed by atoms with Gasteiger partial charge in [-0.1, -0.05) is 37.0 Å². The minimum Gasteiger partial charge on any atom is -0.494 e. The van der Waals surface area contributed by atoms with Crippen LogP contribution in [-0.2, 0) is 0 Å². The number of ether oxygens (including phenoxy) is 1. The molecule has 0 aromatic heterocycles. The molecule has 0 aliphatic carbocycles. The highest BCUT2D eigenvalue weighted by Gasteiger charge is 2.21. The molecule has 94 valence electrons. The second-order valence-corrected chi connectivity index (χ2v) is 5.29. The van der Waals surface area contributed by atoms with Crippen LogP contribution in [0.25, 0.3) is 0 Å². The van der Waals surface area contributed by atoms with Gasteiger partial charge in [0.15, 0.2) is 0 Å². The third-order valence-corrected chi connectivity index (χ3v) is 3.36. The van der Waals surface area contributed by atoms with Gasteiger partial charge in [0, 0.05) is 11.5 Å². The number of hydrogen-bond acceptors (Lipinski definition) is 2. The zero-order valence-corrected chi connectivity index (χ0v) is 11.4. The Bertz CT molecular complexity index is 419. The lowest BCUT2D eigenvalue weighted by molar-refractivity contribution is 0.269. The van der Waals surface area contributed by atoms with E-state index in [2.05, 4.69) is 0 Å². The van der Waals surface area contributed by atoms with Crippen molar-refractivity contribution in [2.45, 2.75) is 20.3 Å². The van der Waals surface area contributed by atoms with Crippen LogP contribution in [0, 0.1) is 10.8 Å². The summed E-state index contributed by atoms with van der Waals surface area (Å²) < 4.78 is 5.53. The molecule has 0 aliphatic rings. The molecule has 1 aromatic rings. The van der Waals surface area contributed by atoms with E-state index in [1.54, 1.807) is 18.2 Å². The number of benzene rings is 1. The van der Waals surface area contributed by atoms with E-state index >= 15 is 0 Å². The Balaban J connectivity index is 2.51. The molecule has 3 nitrogen and oxygen atoms in total. The number of hydrogen-bond donors (Lipinski definition) is 2. The standard InChI is InChI=1S/C12H16Cl2N2O/c1-12(2,11(15)16)5-6-17-8-3-4-9(13)10(14)7-8/h3-4,7H,5-6H2,1-2H3,(H3,15,16). The summed E-state index contributed by atoms with van der Waals surface area (Å²) in [5.74, 6) is 0.828. The summed E-state index contributed by atoms with van der Waals surface area (Å²) in [6, 6.07) is 5.12. The Kier molecular flexibility index (Phi) is 4.66. The molecule has 0 spiro atoms. The van der Waals surface area contributed by atoms with E-state index in [0.29, 0.717) is 28.8 Å². The lowest BCUT2D eigenvalue weighted by atomic mass is 9.88. The molecule has 0 amide bonds. The summed E-state index contributed by atoms with van der Waals surface area (Å²) in [6.07, 6.45) is 0.669. The summed E-state index contributed by atoms with van der Waals surface area (Å²) >= 11 is 11.7. The summed E-state index contributed by atoms with van der Waals surface area (Å²) in [6.45, 7) is 4.30. The van der Waals surface area contributed by atoms with Gasteiger partial charge in [0.05, 0.1) is 22.5 Å². The average Bonchev–Trinajstić information content (AvgIpc) is 2.23. The van der Waals surface area contributed by atoms with Crippen molar-refractivity contribution in [3.63, 3.8) is 0 Å². The fraction of sp³-hybridized carbons (Fsp3) is 0.417. The number of nitrogens with two attached hydrogens (primary N) is 1. The predicted molar refractivity (Wildman–Crippen MR) is 72.3 cm³/mol. The Morgan fingerprint density at radius 1 is 1.35 bits per heavy atom. The van der Waals surface area contributed by atoms with Crippen LogP contribution in [0.3, 0.4) is 0 Å². The third-order valence-electron chi connectivity index (χ3n) is 2.62. The molecular weight excluding hydrogens is 259 g/mol. The van der Waals surface area contributed by atoms with Crippen LogP contribution in [0.5, 0.6) is 5.75 Å². The van der Waals surface area contributed by atoms with Gasteiger partial charge >= 0.3 is 0 Å². The first-order valence-corrected chi connectivity index (χ1v) is 6.01. The number of nitrogens with one attached hydrogen (secondary N) is 1. The molecule has 0 bridgehead atoms. The minimum atomic E-state index is -0.351. The topological polar surface area (TPSA) is 59.1 Å². The molecule has 17 heavy (non-hydrogen) atoms. The molecule has 0 atom stereocenters. The molecule has 0 fully saturated rings. The van der Waals surface area contributed by atoms with Crippen molar-refractivity contribution in [3.05, 3.63) is 28.2 Å². The average molecular weight is 275 g/mol. The zero-order valence-electron chi connectivity index (χ0n) is 9.89. The molecule has 1 aromatic carbocycles. The Hall–Kier alpha value is -0.930. The van der Waals surface area contributed by atoms with Gasteiger partial charge in [-0.05, 0) is 18.6 Å². The smallest absolute Gasteiger partial charge is 0.120 e. The second-order valence-electron chi connectivity index (χ2n) is 4.47. The molecule has 1 rings (SSSR count). The van der Waals surface area contributed by atoms with Crippen LogP contribution < -0.4 is 10.5 Å². The number of rotatable bonds is 5. The largest absolute Gasteiger partial charge is 0.494 e. The lowest BCUT2D eigenvalue weighted by Gasteiger charge is -2.22. The van der Waals surface area contributed by atoms with Crippen LogP contribution >= 0.6 is 23.2 Å². The lowest BCUT2D eigenvalue weighted by Crippen LogP contribution is -2.32. The Morgan fingerprint density at radius 3 is 2.53 bits per heavy atom. The van der Waals surface area contributed by atoms with E-state index in [-0.39, 0.29) is 11.3 Å². The fourth-order valence-corrected chi connectivity index (χ4v) is 1.41. The van der Waals surface area contributed by atoms with Crippen molar-refractivity contribution in [1.29, 1.82) is 5.41 Å². The quantitative estimate of drug-likeness (QED) is 0.635. The first kappa shape index (κ1) is 14.1. The first-order valence-electron chi connectivity index (χ1n) is 5.25. The molecule has 3 N–H and O–H groups in total. The summed E-state index contributed by atoms with van der Waals surface area (Å²) in [7, 11) is 0. The monoisotopic (exact) mass is 274 g/mol. The van der Waals surface area contributed by atoms with Crippen molar-refractivity contribution in [2.75, 3.05) is 6.61 Å². The second kappa shape index (κ2) is 5.61. The van der Waals surface area contributed by atoms with Gasteiger partial charge in [0.25, 0.3) is 0 Å². The summed E-state index contributed by atoms with van der Waals surface area (Å²) in [5, 5.41) is 8.40. The van der Waals surface area contributed by atoms with Gasteiger partial charge in [-0.2, -0.15) is 0 Å². The Labute approximate surface area is 111 Å². The van der Waals surface area contributed by atoms with Gasteiger partial charge in [-0.25, -0.2) is 0 Å². The molecule has 0 unspecified atom stereocenters. The molecule has 0 saturated heterocycles. The van der Waals surface area contributed by atoms with Crippen LogP contribution in [0.4, 0.5) is 0 Å². The highest BCUT2D eigenvalue weighted by atomic mass is 35.5. The van der Waals surface area contributed by atoms with Crippen molar-refractivity contribution in [2.24, 2.45) is 11.1 Å². The van der Waals surface area contributed by atoms with E-state index in [9.17, 15) is 0 Å². The third kappa shape index (κ3) is 4.10. The van der Waals surface area contributed by atoms with Crippen molar-refractivity contribution in [1.82, 2.24) is 0 Å². The van der Waals surface area contributed by atoms with Crippen molar-refractivity contribution >= 4 is 29.0 Å². The normalized spacial score (nSPS) is 11.3. The van der Waals surface area contributed by atoms with Crippen LogP contribution in [0.2, 0.25) is 10.0 Å². The maximum absolute atomic E-state index is 7.43. The van der Waals surface area contributed by atoms with E-state index < -0.39 is 0 Å². The minimum absolute atomic E-state index is 0.162. The van der Waals surface area contributed by atoms with Gasteiger partial charge < -0.3 is 10.5 Å². The molecule has 5 heteroatoms. The molecule has 0 aliphatic heterocycles. The molecule has 0 radical (unpaired) electrons. The van der Waals surface area contributed by atoms with E-state index in [4.69, 9.17) is 39.1 Å². The summed E-state index contributed by atoms with van der Waals surface area (Å²) in [4.78, 5) is 0. The first-order chi connectivity index (χ1) is 7.83. The van der Waals surface area contributed by atoms with E-state index in [0.717, 1.165) is 0 Å². The number of halogens is 2. The SMILES string of the molecule is CC(C)(CCOc1ccc(Cl)c(Cl)c1)C(=N)N. The predicted octanol–water partition coefficient (Wildman–Crippen LogP) is 3.72. The Morgan fingerprint density at radius 2 is 2.00 bits per heavy atom. The van der Waals surface area contributed by atoms with Gasteiger partial charge in [0.1, 0.15) is 5.75 Å². The molecule has 0 heterocycles. The summed E-state index contributed by atoms with van der Waals surface area (Å²) in [5.41, 5.74) is 5.13. The maximum Gasteiger partial charge on any atom is 0.120 e. The maximum atomic E-state index is 7.43. The van der Waals surface area contributed by atoms with Crippen LogP contribution in [0.1, 0.15) is 20.3 Å². The van der Waals surface area contributed by atoms with E-state index in [1.165, 1.54) is 0 Å². The van der Waals surface area contributed by atoms with Gasteiger partial charge in [-0.3, -0.25) is 5.41 Å². The molecular formula is C12H16Cl2N2O.